The van der Waals surface area contributed by atoms with Gasteiger partial charge in [-0.05, 0) is 36.8 Å². The molecular weight excluding hydrogens is 306 g/mol. The zero-order chi connectivity index (χ0) is 17.4. The molecule has 1 N–H and O–H groups in total. The molecule has 126 valence electrons. The highest BCUT2D eigenvalue weighted by atomic mass is 16.6. The van der Waals surface area contributed by atoms with Crippen LogP contribution in [0.15, 0.2) is 48.5 Å². The molecule has 0 bridgehead atoms. The number of aryl methyl sites for hydroxylation is 1. The predicted molar refractivity (Wildman–Crippen MR) is 92.1 cm³/mol. The summed E-state index contributed by atoms with van der Waals surface area (Å²) < 4.78 is 10.6. The number of amides is 1. The normalized spacial score (nSPS) is 10.1. The summed E-state index contributed by atoms with van der Waals surface area (Å²) >= 11 is 0. The number of benzene rings is 2. The third-order valence-electron chi connectivity index (χ3n) is 3.26. The lowest BCUT2D eigenvalue weighted by molar-refractivity contribution is -0.143. The molecule has 0 atom stereocenters. The number of nitrogens with one attached hydrogen (secondary N) is 1. The average molecular weight is 327 g/mol. The second-order valence-electron chi connectivity index (χ2n) is 5.44. The minimum atomic E-state index is -0.310. The molecule has 0 aromatic heterocycles. The smallest absolute Gasteiger partial charge is 0.310 e. The molecule has 0 heterocycles. The van der Waals surface area contributed by atoms with Gasteiger partial charge in [0.25, 0.3) is 0 Å². The van der Waals surface area contributed by atoms with Crippen molar-refractivity contribution >= 4 is 17.6 Å². The van der Waals surface area contributed by atoms with E-state index in [1.807, 2.05) is 31.2 Å². The van der Waals surface area contributed by atoms with Gasteiger partial charge in [0.2, 0.25) is 5.91 Å². The van der Waals surface area contributed by atoms with E-state index in [0.717, 1.165) is 11.3 Å². The lowest BCUT2D eigenvalue weighted by atomic mass is 10.1. The van der Waals surface area contributed by atoms with Gasteiger partial charge in [0.1, 0.15) is 19.0 Å². The number of esters is 1. The third-order valence-corrected chi connectivity index (χ3v) is 3.26. The van der Waals surface area contributed by atoms with Gasteiger partial charge < -0.3 is 14.8 Å². The van der Waals surface area contributed by atoms with E-state index in [-0.39, 0.29) is 24.9 Å². The van der Waals surface area contributed by atoms with E-state index in [2.05, 4.69) is 5.32 Å². The average Bonchev–Trinajstić information content (AvgIpc) is 2.55. The number of carbonyl (C=O) groups excluding carboxylic acids is 2. The van der Waals surface area contributed by atoms with Crippen molar-refractivity contribution in [3.63, 3.8) is 0 Å². The molecule has 2 rings (SSSR count). The maximum atomic E-state index is 11.8. The van der Waals surface area contributed by atoms with Crippen LogP contribution in [0.5, 0.6) is 5.75 Å². The summed E-state index contributed by atoms with van der Waals surface area (Å²) in [7, 11) is 0. The summed E-state index contributed by atoms with van der Waals surface area (Å²) in [6, 6.07) is 14.8. The van der Waals surface area contributed by atoms with Gasteiger partial charge in [0, 0.05) is 12.6 Å². The first-order valence-corrected chi connectivity index (χ1v) is 7.74. The molecule has 5 nitrogen and oxygen atoms in total. The fourth-order valence-corrected chi connectivity index (χ4v) is 2.08. The molecule has 0 saturated carbocycles. The Bertz CT molecular complexity index is 678. The summed E-state index contributed by atoms with van der Waals surface area (Å²) in [6.07, 6.45) is 0.185. The van der Waals surface area contributed by atoms with E-state index >= 15 is 0 Å². The van der Waals surface area contributed by atoms with Gasteiger partial charge in [0.05, 0.1) is 6.42 Å². The van der Waals surface area contributed by atoms with Crippen LogP contribution in [-0.2, 0) is 20.7 Å². The maximum Gasteiger partial charge on any atom is 0.310 e. The summed E-state index contributed by atoms with van der Waals surface area (Å²) in [4.78, 5) is 22.7. The second-order valence-corrected chi connectivity index (χ2v) is 5.44. The molecule has 0 spiro atoms. The van der Waals surface area contributed by atoms with Crippen LogP contribution in [0.4, 0.5) is 5.69 Å². The summed E-state index contributed by atoms with van der Waals surface area (Å²) in [6.45, 7) is 3.98. The minimum absolute atomic E-state index is 0.129. The van der Waals surface area contributed by atoms with Crippen molar-refractivity contribution in [3.8, 4) is 5.75 Å². The molecule has 5 heteroatoms. The first kappa shape index (κ1) is 17.5. The number of hydrogen-bond acceptors (Lipinski definition) is 4. The number of ether oxygens (including phenoxy) is 2. The monoisotopic (exact) mass is 327 g/mol. The molecule has 2 aromatic rings. The number of carbonyl (C=O) groups is 2. The van der Waals surface area contributed by atoms with Crippen LogP contribution in [0.2, 0.25) is 0 Å². The Kier molecular flexibility index (Phi) is 6.37. The van der Waals surface area contributed by atoms with E-state index in [9.17, 15) is 9.59 Å². The first-order chi connectivity index (χ1) is 11.5. The molecule has 0 radical (unpaired) electrons. The highest BCUT2D eigenvalue weighted by Gasteiger charge is 2.05. The van der Waals surface area contributed by atoms with Gasteiger partial charge >= 0.3 is 5.97 Å². The van der Waals surface area contributed by atoms with Gasteiger partial charge in [0.15, 0.2) is 0 Å². The molecule has 0 aliphatic heterocycles. The van der Waals surface area contributed by atoms with Crippen LogP contribution in [0.3, 0.4) is 0 Å². The van der Waals surface area contributed by atoms with E-state index < -0.39 is 0 Å². The summed E-state index contributed by atoms with van der Waals surface area (Å²) in [5.41, 5.74) is 2.69. The topological polar surface area (TPSA) is 64.6 Å². The summed E-state index contributed by atoms with van der Waals surface area (Å²) in [5, 5.41) is 2.67. The van der Waals surface area contributed by atoms with Crippen LogP contribution >= 0.6 is 0 Å². The van der Waals surface area contributed by atoms with Crippen LogP contribution in [0.25, 0.3) is 0 Å². The maximum absolute atomic E-state index is 11.8. The zero-order valence-electron chi connectivity index (χ0n) is 13.9. The van der Waals surface area contributed by atoms with Crippen molar-refractivity contribution in [1.82, 2.24) is 0 Å². The van der Waals surface area contributed by atoms with E-state index in [0.29, 0.717) is 12.3 Å². The van der Waals surface area contributed by atoms with Crippen molar-refractivity contribution in [2.45, 2.75) is 20.3 Å². The molecule has 0 fully saturated rings. The summed E-state index contributed by atoms with van der Waals surface area (Å²) in [5.74, 6) is 0.315. The fourth-order valence-electron chi connectivity index (χ4n) is 2.08. The van der Waals surface area contributed by atoms with Gasteiger partial charge in [-0.3, -0.25) is 9.59 Å². The van der Waals surface area contributed by atoms with Crippen molar-refractivity contribution in [2.24, 2.45) is 0 Å². The number of anilines is 1. The zero-order valence-corrected chi connectivity index (χ0v) is 13.9. The lowest BCUT2D eigenvalue weighted by Gasteiger charge is -2.08. The van der Waals surface area contributed by atoms with Crippen molar-refractivity contribution in [3.05, 3.63) is 59.7 Å². The van der Waals surface area contributed by atoms with Crippen LogP contribution in [0, 0.1) is 6.92 Å². The van der Waals surface area contributed by atoms with Crippen LogP contribution < -0.4 is 10.1 Å². The van der Waals surface area contributed by atoms with Gasteiger partial charge in [-0.2, -0.15) is 0 Å². The Morgan fingerprint density at radius 3 is 2.25 bits per heavy atom. The molecule has 0 saturated heterocycles. The SMILES string of the molecule is CC(=O)Nc1ccc(CC(=O)OCCOc2ccc(C)cc2)cc1. The second kappa shape index (κ2) is 8.72. The minimum Gasteiger partial charge on any atom is -0.490 e. The highest BCUT2D eigenvalue weighted by Crippen LogP contribution is 2.12. The van der Waals surface area contributed by atoms with Gasteiger partial charge in [-0.1, -0.05) is 29.8 Å². The Labute approximate surface area is 141 Å². The third kappa shape index (κ3) is 6.12. The highest BCUT2D eigenvalue weighted by molar-refractivity contribution is 5.88. The Morgan fingerprint density at radius 1 is 0.958 bits per heavy atom. The standard InChI is InChI=1S/C19H21NO4/c1-14-3-9-18(10-4-14)23-11-12-24-19(22)13-16-5-7-17(8-6-16)20-15(2)21/h3-10H,11-13H2,1-2H3,(H,20,21). The molecule has 0 aliphatic rings. The molecular formula is C19H21NO4. The largest absolute Gasteiger partial charge is 0.490 e. The number of hydrogen-bond donors (Lipinski definition) is 1. The van der Waals surface area contributed by atoms with Crippen LogP contribution in [-0.4, -0.2) is 25.1 Å². The Morgan fingerprint density at radius 2 is 1.62 bits per heavy atom. The van der Waals surface area contributed by atoms with E-state index in [1.165, 1.54) is 12.5 Å². The first-order valence-electron chi connectivity index (χ1n) is 7.74. The Balaban J connectivity index is 1.69. The molecule has 1 amide bonds. The van der Waals surface area contributed by atoms with Gasteiger partial charge in [-0.15, -0.1) is 0 Å². The quantitative estimate of drug-likeness (QED) is 0.627. The van der Waals surface area contributed by atoms with Gasteiger partial charge in [-0.25, -0.2) is 0 Å². The van der Waals surface area contributed by atoms with E-state index in [1.54, 1.807) is 24.3 Å². The lowest BCUT2D eigenvalue weighted by Crippen LogP contribution is -2.14. The molecule has 24 heavy (non-hydrogen) atoms. The van der Waals surface area contributed by atoms with Crippen LogP contribution in [0.1, 0.15) is 18.1 Å². The molecule has 0 unspecified atom stereocenters. The van der Waals surface area contributed by atoms with E-state index in [4.69, 9.17) is 9.47 Å². The van der Waals surface area contributed by atoms with Crippen molar-refractivity contribution in [1.29, 1.82) is 0 Å². The number of rotatable bonds is 7. The molecule has 0 aliphatic carbocycles. The van der Waals surface area contributed by atoms with Crippen molar-refractivity contribution in [2.75, 3.05) is 18.5 Å². The molecule has 2 aromatic carbocycles. The van der Waals surface area contributed by atoms with Crippen molar-refractivity contribution < 1.29 is 19.1 Å². The fraction of sp³-hybridized carbons (Fsp3) is 0.263. The Hall–Kier alpha value is -2.82. The predicted octanol–water partition coefficient (Wildman–Crippen LogP) is 3.12.